The first-order chi connectivity index (χ1) is 8.63. The SMILES string of the molecule is Cc1c(Br)cccc1Nc1ncnc(NN)c1C. The smallest absolute Gasteiger partial charge is 0.148 e. The van der Waals surface area contributed by atoms with E-state index in [0.29, 0.717) is 5.82 Å². The third-order valence-corrected chi connectivity index (χ3v) is 3.60. The second-order valence-electron chi connectivity index (χ2n) is 3.88. The summed E-state index contributed by atoms with van der Waals surface area (Å²) < 4.78 is 1.05. The van der Waals surface area contributed by atoms with Crippen molar-refractivity contribution in [1.82, 2.24) is 9.97 Å². The Bertz CT molecular complexity index is 570. The monoisotopic (exact) mass is 307 g/mol. The number of nitrogens with one attached hydrogen (secondary N) is 2. The molecule has 18 heavy (non-hydrogen) atoms. The van der Waals surface area contributed by atoms with Gasteiger partial charge in [0, 0.05) is 15.7 Å². The highest BCUT2D eigenvalue weighted by atomic mass is 79.9. The van der Waals surface area contributed by atoms with Gasteiger partial charge in [0.25, 0.3) is 0 Å². The third-order valence-electron chi connectivity index (χ3n) is 2.74. The molecule has 2 rings (SSSR count). The number of nitrogen functional groups attached to an aromatic ring is 1. The van der Waals surface area contributed by atoms with E-state index in [0.717, 1.165) is 27.1 Å². The molecule has 1 aromatic heterocycles. The molecule has 0 unspecified atom stereocenters. The minimum absolute atomic E-state index is 0.611. The minimum atomic E-state index is 0.611. The Morgan fingerprint density at radius 2 is 1.83 bits per heavy atom. The molecule has 2 aromatic rings. The summed E-state index contributed by atoms with van der Waals surface area (Å²) in [5.74, 6) is 6.74. The van der Waals surface area contributed by atoms with Gasteiger partial charge in [0.1, 0.15) is 18.0 Å². The number of halogens is 1. The maximum Gasteiger partial charge on any atom is 0.148 e. The Morgan fingerprint density at radius 1 is 1.11 bits per heavy atom. The van der Waals surface area contributed by atoms with E-state index in [1.165, 1.54) is 6.33 Å². The Hall–Kier alpha value is -1.66. The number of hydrazine groups is 1. The highest BCUT2D eigenvalue weighted by Gasteiger charge is 2.08. The number of rotatable bonds is 3. The molecule has 4 N–H and O–H groups in total. The predicted octanol–water partition coefficient (Wildman–Crippen LogP) is 2.89. The molecule has 0 saturated carbocycles. The van der Waals surface area contributed by atoms with Crippen LogP contribution in [-0.4, -0.2) is 9.97 Å². The molecule has 0 bridgehead atoms. The van der Waals surface area contributed by atoms with Gasteiger partial charge in [-0.1, -0.05) is 22.0 Å². The van der Waals surface area contributed by atoms with E-state index < -0.39 is 0 Å². The Kier molecular flexibility index (Phi) is 3.78. The average Bonchev–Trinajstić information content (AvgIpc) is 2.37. The van der Waals surface area contributed by atoms with Crippen molar-refractivity contribution in [3.8, 4) is 0 Å². The van der Waals surface area contributed by atoms with Gasteiger partial charge in [-0.2, -0.15) is 0 Å². The van der Waals surface area contributed by atoms with Crippen molar-refractivity contribution in [1.29, 1.82) is 0 Å². The number of aromatic nitrogens is 2. The molecular weight excluding hydrogens is 294 g/mol. The zero-order chi connectivity index (χ0) is 13.1. The van der Waals surface area contributed by atoms with Crippen molar-refractivity contribution >= 4 is 33.3 Å². The van der Waals surface area contributed by atoms with Crippen LogP contribution in [0.4, 0.5) is 17.3 Å². The van der Waals surface area contributed by atoms with E-state index in [-0.39, 0.29) is 0 Å². The van der Waals surface area contributed by atoms with E-state index in [9.17, 15) is 0 Å². The topological polar surface area (TPSA) is 75.9 Å². The van der Waals surface area contributed by atoms with Gasteiger partial charge in [-0.15, -0.1) is 0 Å². The number of benzene rings is 1. The van der Waals surface area contributed by atoms with Gasteiger partial charge >= 0.3 is 0 Å². The molecular formula is C12H14BrN5. The van der Waals surface area contributed by atoms with Gasteiger partial charge in [0.15, 0.2) is 0 Å². The summed E-state index contributed by atoms with van der Waals surface area (Å²) in [6, 6.07) is 5.97. The summed E-state index contributed by atoms with van der Waals surface area (Å²) in [5.41, 5.74) is 5.54. The van der Waals surface area contributed by atoms with Crippen LogP contribution in [0.2, 0.25) is 0 Å². The first-order valence-electron chi connectivity index (χ1n) is 5.44. The van der Waals surface area contributed by atoms with Crippen LogP contribution in [0, 0.1) is 13.8 Å². The molecule has 0 aliphatic carbocycles. The quantitative estimate of drug-likeness (QED) is 0.600. The summed E-state index contributed by atoms with van der Waals surface area (Å²) in [5, 5.41) is 3.28. The molecule has 94 valence electrons. The Labute approximate surface area is 114 Å². The van der Waals surface area contributed by atoms with Crippen LogP contribution >= 0.6 is 15.9 Å². The highest BCUT2D eigenvalue weighted by Crippen LogP contribution is 2.27. The van der Waals surface area contributed by atoms with Gasteiger partial charge in [0.05, 0.1) is 0 Å². The summed E-state index contributed by atoms with van der Waals surface area (Å²) in [4.78, 5) is 8.26. The van der Waals surface area contributed by atoms with Gasteiger partial charge in [0.2, 0.25) is 0 Å². The third kappa shape index (κ3) is 2.44. The number of nitrogens with zero attached hydrogens (tertiary/aromatic N) is 2. The van der Waals surface area contributed by atoms with E-state index in [1.54, 1.807) is 0 Å². The number of hydrogen-bond donors (Lipinski definition) is 3. The molecule has 0 spiro atoms. The molecule has 0 aliphatic rings. The van der Waals surface area contributed by atoms with Crippen LogP contribution in [0.25, 0.3) is 0 Å². The van der Waals surface area contributed by atoms with Crippen LogP contribution in [-0.2, 0) is 0 Å². The fourth-order valence-corrected chi connectivity index (χ4v) is 1.96. The van der Waals surface area contributed by atoms with Crippen LogP contribution in [0.3, 0.4) is 0 Å². The van der Waals surface area contributed by atoms with Crippen molar-refractivity contribution < 1.29 is 0 Å². The Balaban J connectivity index is 2.37. The molecule has 0 radical (unpaired) electrons. The van der Waals surface area contributed by atoms with Gasteiger partial charge in [-0.05, 0) is 31.5 Å². The van der Waals surface area contributed by atoms with Crippen molar-refractivity contribution in [3.05, 3.63) is 40.1 Å². The second-order valence-corrected chi connectivity index (χ2v) is 4.73. The highest BCUT2D eigenvalue weighted by molar-refractivity contribution is 9.10. The van der Waals surface area contributed by atoms with E-state index >= 15 is 0 Å². The van der Waals surface area contributed by atoms with Crippen LogP contribution in [0.15, 0.2) is 29.0 Å². The van der Waals surface area contributed by atoms with Crippen molar-refractivity contribution in [2.75, 3.05) is 10.7 Å². The number of anilines is 3. The predicted molar refractivity (Wildman–Crippen MR) is 76.7 cm³/mol. The molecule has 5 nitrogen and oxygen atoms in total. The lowest BCUT2D eigenvalue weighted by Crippen LogP contribution is -2.11. The van der Waals surface area contributed by atoms with Gasteiger partial charge < -0.3 is 10.7 Å². The first kappa shape index (κ1) is 12.8. The minimum Gasteiger partial charge on any atom is -0.340 e. The molecule has 0 aliphatic heterocycles. The average molecular weight is 308 g/mol. The normalized spacial score (nSPS) is 10.2. The van der Waals surface area contributed by atoms with Crippen molar-refractivity contribution in [3.63, 3.8) is 0 Å². The van der Waals surface area contributed by atoms with Crippen LogP contribution < -0.4 is 16.6 Å². The largest absolute Gasteiger partial charge is 0.340 e. The van der Waals surface area contributed by atoms with E-state index in [1.807, 2.05) is 32.0 Å². The van der Waals surface area contributed by atoms with Gasteiger partial charge in [-0.25, -0.2) is 15.8 Å². The summed E-state index contributed by atoms with van der Waals surface area (Å²) in [7, 11) is 0. The number of hydrogen-bond acceptors (Lipinski definition) is 5. The lowest BCUT2D eigenvalue weighted by Gasteiger charge is -2.13. The maximum absolute atomic E-state index is 5.39. The number of nitrogens with two attached hydrogens (primary N) is 1. The first-order valence-corrected chi connectivity index (χ1v) is 6.23. The van der Waals surface area contributed by atoms with Crippen molar-refractivity contribution in [2.45, 2.75) is 13.8 Å². The van der Waals surface area contributed by atoms with Crippen LogP contribution in [0.1, 0.15) is 11.1 Å². The van der Waals surface area contributed by atoms with Gasteiger partial charge in [-0.3, -0.25) is 0 Å². The summed E-state index contributed by atoms with van der Waals surface area (Å²) in [6.45, 7) is 3.94. The molecule has 1 heterocycles. The molecule has 6 heteroatoms. The zero-order valence-electron chi connectivity index (χ0n) is 10.2. The summed E-state index contributed by atoms with van der Waals surface area (Å²) in [6.07, 6.45) is 1.47. The van der Waals surface area contributed by atoms with Crippen molar-refractivity contribution in [2.24, 2.45) is 5.84 Å². The molecule has 0 saturated heterocycles. The summed E-state index contributed by atoms with van der Waals surface area (Å²) >= 11 is 3.50. The fraction of sp³-hybridized carbons (Fsp3) is 0.167. The molecule has 0 amide bonds. The fourth-order valence-electron chi connectivity index (χ4n) is 1.59. The van der Waals surface area contributed by atoms with Crippen LogP contribution in [0.5, 0.6) is 0 Å². The lowest BCUT2D eigenvalue weighted by molar-refractivity contribution is 1.10. The maximum atomic E-state index is 5.39. The second kappa shape index (κ2) is 5.32. The van der Waals surface area contributed by atoms with E-state index in [2.05, 4.69) is 36.6 Å². The Morgan fingerprint density at radius 3 is 2.56 bits per heavy atom. The molecule has 0 fully saturated rings. The van der Waals surface area contributed by atoms with E-state index in [4.69, 9.17) is 5.84 Å². The zero-order valence-corrected chi connectivity index (χ0v) is 11.7. The molecule has 1 aromatic carbocycles. The lowest BCUT2D eigenvalue weighted by atomic mass is 10.2. The standard InChI is InChI=1S/C12H14BrN5/c1-7-9(13)4-3-5-10(7)17-11-8(2)12(18-14)16-6-15-11/h3-6H,14H2,1-2H3,(H2,15,16,17,18). The molecule has 0 atom stereocenters.